The minimum Gasteiger partial charge on any atom is -0.309 e. The minimum atomic E-state index is 0.0978. The van der Waals surface area contributed by atoms with Crippen LogP contribution in [0.2, 0.25) is 5.02 Å². The van der Waals surface area contributed by atoms with Crippen molar-refractivity contribution in [2.45, 2.75) is 6.04 Å². The second kappa shape index (κ2) is 5.85. The maximum atomic E-state index is 6.34. The predicted molar refractivity (Wildman–Crippen MR) is 82.1 cm³/mol. The summed E-state index contributed by atoms with van der Waals surface area (Å²) in [6.07, 6.45) is 0. The Kier molecular flexibility index (Phi) is 4.66. The van der Waals surface area contributed by atoms with Gasteiger partial charge in [-0.2, -0.15) is 11.3 Å². The van der Waals surface area contributed by atoms with Gasteiger partial charge < -0.3 is 5.32 Å². The third-order valence-corrected chi connectivity index (χ3v) is 5.60. The van der Waals surface area contributed by atoms with Gasteiger partial charge in [-0.1, -0.05) is 23.7 Å². The van der Waals surface area contributed by atoms with E-state index >= 15 is 0 Å². The lowest BCUT2D eigenvalue weighted by molar-refractivity contribution is 0.691. The number of halogens is 3. The molecule has 2 rings (SSSR count). The number of rotatable bonds is 3. The number of hydrogen-bond acceptors (Lipinski definition) is 2. The summed E-state index contributed by atoms with van der Waals surface area (Å²) in [5.41, 5.74) is 2.28. The quantitative estimate of drug-likeness (QED) is 0.750. The van der Waals surface area contributed by atoms with Gasteiger partial charge in [0.15, 0.2) is 0 Å². The molecule has 2 aromatic rings. The first-order valence-electron chi connectivity index (χ1n) is 4.98. The lowest BCUT2D eigenvalue weighted by atomic mass is 10.0. The van der Waals surface area contributed by atoms with E-state index in [0.717, 1.165) is 19.5 Å². The summed E-state index contributed by atoms with van der Waals surface area (Å²) < 4.78 is 2.03. The third-order valence-electron chi connectivity index (χ3n) is 2.53. The minimum absolute atomic E-state index is 0.0978. The molecule has 0 aliphatic carbocycles. The Balaban J connectivity index is 2.50. The summed E-state index contributed by atoms with van der Waals surface area (Å²) in [6.45, 7) is 0. The second-order valence-electron chi connectivity index (χ2n) is 3.54. The van der Waals surface area contributed by atoms with E-state index in [9.17, 15) is 0 Å². The molecule has 17 heavy (non-hydrogen) atoms. The molecule has 0 fully saturated rings. The molecule has 0 saturated heterocycles. The van der Waals surface area contributed by atoms with Gasteiger partial charge in [-0.15, -0.1) is 0 Å². The fourth-order valence-corrected chi connectivity index (χ4v) is 3.89. The molecule has 1 heterocycles. The molecule has 1 atom stereocenters. The van der Waals surface area contributed by atoms with Crippen molar-refractivity contribution in [1.29, 1.82) is 0 Å². The van der Waals surface area contributed by atoms with Crippen LogP contribution in [0.3, 0.4) is 0 Å². The van der Waals surface area contributed by atoms with Gasteiger partial charge in [0.25, 0.3) is 0 Å². The van der Waals surface area contributed by atoms with Crippen molar-refractivity contribution in [3.8, 4) is 0 Å². The molecule has 0 aliphatic rings. The van der Waals surface area contributed by atoms with Crippen LogP contribution in [0.4, 0.5) is 0 Å². The highest BCUT2D eigenvalue weighted by molar-refractivity contribution is 9.10. The van der Waals surface area contributed by atoms with Gasteiger partial charge >= 0.3 is 0 Å². The molecule has 0 aliphatic heterocycles. The molecule has 0 spiro atoms. The lowest BCUT2D eigenvalue weighted by Gasteiger charge is -2.18. The Labute approximate surface area is 126 Å². The molecule has 1 aromatic heterocycles. The van der Waals surface area contributed by atoms with Crippen molar-refractivity contribution >= 4 is 54.8 Å². The van der Waals surface area contributed by atoms with E-state index < -0.39 is 0 Å². The van der Waals surface area contributed by atoms with Crippen LogP contribution in [0, 0.1) is 0 Å². The van der Waals surface area contributed by atoms with Gasteiger partial charge in [0.1, 0.15) is 0 Å². The molecular weight excluding hydrogens is 385 g/mol. The SMILES string of the molecule is CNC(c1cscc1Br)c1cccc(Br)c1Cl. The summed E-state index contributed by atoms with van der Waals surface area (Å²) in [5.74, 6) is 0. The fraction of sp³-hybridized carbons (Fsp3) is 0.167. The van der Waals surface area contributed by atoms with Crippen molar-refractivity contribution in [2.24, 2.45) is 0 Å². The maximum Gasteiger partial charge on any atom is 0.0608 e. The Bertz CT molecular complexity index is 527. The highest BCUT2D eigenvalue weighted by Crippen LogP contribution is 2.36. The van der Waals surface area contributed by atoms with Crippen molar-refractivity contribution in [1.82, 2.24) is 5.32 Å². The molecule has 1 unspecified atom stereocenters. The average molecular weight is 396 g/mol. The molecule has 0 amide bonds. The van der Waals surface area contributed by atoms with Gasteiger partial charge in [0.2, 0.25) is 0 Å². The molecule has 0 radical (unpaired) electrons. The average Bonchev–Trinajstić information content (AvgIpc) is 2.72. The second-order valence-corrected chi connectivity index (χ2v) is 6.37. The van der Waals surface area contributed by atoms with Crippen LogP contribution in [0.5, 0.6) is 0 Å². The number of nitrogens with one attached hydrogen (secondary N) is 1. The van der Waals surface area contributed by atoms with E-state index in [-0.39, 0.29) is 6.04 Å². The lowest BCUT2D eigenvalue weighted by Crippen LogP contribution is -2.17. The largest absolute Gasteiger partial charge is 0.309 e. The van der Waals surface area contributed by atoms with Gasteiger partial charge in [0.05, 0.1) is 11.1 Å². The van der Waals surface area contributed by atoms with Crippen LogP contribution in [0.15, 0.2) is 37.9 Å². The van der Waals surface area contributed by atoms with Gasteiger partial charge in [-0.05, 0) is 61.5 Å². The fourth-order valence-electron chi connectivity index (χ4n) is 1.72. The molecule has 5 heteroatoms. The van der Waals surface area contributed by atoms with Crippen LogP contribution in [0.1, 0.15) is 17.2 Å². The summed E-state index contributed by atoms with van der Waals surface area (Å²) in [7, 11) is 1.94. The van der Waals surface area contributed by atoms with E-state index in [1.165, 1.54) is 5.56 Å². The number of thiophene rings is 1. The van der Waals surface area contributed by atoms with E-state index in [4.69, 9.17) is 11.6 Å². The molecule has 1 nitrogen and oxygen atoms in total. The predicted octanol–water partition coefficient (Wildman–Crippen LogP) is 5.24. The standard InChI is InChI=1S/C12H10Br2ClNS/c1-16-12(8-5-17-6-10(8)14)7-3-2-4-9(13)11(7)15/h2-6,12,16H,1H3. The molecule has 1 aromatic carbocycles. The Morgan fingerprint density at radius 3 is 2.53 bits per heavy atom. The molecule has 1 N–H and O–H groups in total. The third kappa shape index (κ3) is 2.76. The van der Waals surface area contributed by atoms with Crippen molar-refractivity contribution < 1.29 is 0 Å². The van der Waals surface area contributed by atoms with Crippen LogP contribution in [-0.4, -0.2) is 7.05 Å². The summed E-state index contributed by atoms with van der Waals surface area (Å²) in [6, 6.07) is 6.08. The number of benzene rings is 1. The summed E-state index contributed by atoms with van der Waals surface area (Å²) in [5, 5.41) is 8.26. The normalized spacial score (nSPS) is 12.7. The van der Waals surface area contributed by atoms with Crippen molar-refractivity contribution in [3.63, 3.8) is 0 Å². The Morgan fingerprint density at radius 2 is 1.94 bits per heavy atom. The summed E-state index contributed by atoms with van der Waals surface area (Å²) in [4.78, 5) is 0. The van der Waals surface area contributed by atoms with E-state index in [1.54, 1.807) is 11.3 Å². The zero-order valence-electron chi connectivity index (χ0n) is 9.01. The van der Waals surface area contributed by atoms with Gasteiger partial charge in [-0.3, -0.25) is 0 Å². The highest BCUT2D eigenvalue weighted by Gasteiger charge is 2.19. The first-order valence-corrected chi connectivity index (χ1v) is 7.88. The zero-order chi connectivity index (χ0) is 12.4. The highest BCUT2D eigenvalue weighted by atomic mass is 79.9. The Morgan fingerprint density at radius 1 is 1.18 bits per heavy atom. The number of hydrogen-bond donors (Lipinski definition) is 1. The van der Waals surface area contributed by atoms with E-state index in [0.29, 0.717) is 0 Å². The smallest absolute Gasteiger partial charge is 0.0608 e. The zero-order valence-corrected chi connectivity index (χ0v) is 13.8. The molecular formula is C12H10Br2ClNS. The van der Waals surface area contributed by atoms with Crippen molar-refractivity contribution in [2.75, 3.05) is 7.05 Å². The molecule has 0 saturated carbocycles. The Hall–Kier alpha value is 0.130. The van der Waals surface area contributed by atoms with Gasteiger partial charge in [-0.25, -0.2) is 0 Å². The van der Waals surface area contributed by atoms with Crippen LogP contribution >= 0.6 is 54.8 Å². The van der Waals surface area contributed by atoms with Crippen LogP contribution < -0.4 is 5.32 Å². The summed E-state index contributed by atoms with van der Waals surface area (Å²) >= 11 is 15.0. The van der Waals surface area contributed by atoms with E-state index in [2.05, 4.69) is 47.9 Å². The maximum absolute atomic E-state index is 6.34. The molecule has 0 bridgehead atoms. The molecule has 90 valence electrons. The topological polar surface area (TPSA) is 12.0 Å². The first-order chi connectivity index (χ1) is 8.15. The first kappa shape index (κ1) is 13.6. The van der Waals surface area contributed by atoms with Gasteiger partial charge in [0, 0.05) is 14.3 Å². The van der Waals surface area contributed by atoms with Crippen LogP contribution in [0.25, 0.3) is 0 Å². The van der Waals surface area contributed by atoms with Crippen molar-refractivity contribution in [3.05, 3.63) is 54.1 Å². The van der Waals surface area contributed by atoms with E-state index in [1.807, 2.05) is 25.2 Å². The monoisotopic (exact) mass is 393 g/mol. The van der Waals surface area contributed by atoms with Crippen LogP contribution in [-0.2, 0) is 0 Å².